The Labute approximate surface area is 88.9 Å². The minimum Gasteiger partial charge on any atom is -0.340 e. The van der Waals surface area contributed by atoms with Crippen LogP contribution in [0.3, 0.4) is 0 Å². The van der Waals surface area contributed by atoms with Gasteiger partial charge in [-0.1, -0.05) is 18.2 Å². The number of nitrogens with zero attached hydrogens (tertiary/aromatic N) is 1. The van der Waals surface area contributed by atoms with Crippen molar-refractivity contribution in [1.29, 1.82) is 0 Å². The minimum absolute atomic E-state index is 0.0549. The molecule has 1 N–H and O–H groups in total. The highest BCUT2D eigenvalue weighted by Crippen LogP contribution is 2.08. The van der Waals surface area contributed by atoms with Crippen molar-refractivity contribution in [2.75, 3.05) is 20.6 Å². The van der Waals surface area contributed by atoms with Crippen LogP contribution >= 0.6 is 0 Å². The first kappa shape index (κ1) is 11.7. The Morgan fingerprint density at radius 1 is 1.47 bits per heavy atom. The lowest BCUT2D eigenvalue weighted by Gasteiger charge is -2.17. The fourth-order valence-electron chi connectivity index (χ4n) is 1.26. The van der Waals surface area contributed by atoms with E-state index in [2.05, 4.69) is 5.32 Å². The van der Waals surface area contributed by atoms with E-state index >= 15 is 0 Å². The number of benzene rings is 1. The van der Waals surface area contributed by atoms with Gasteiger partial charge in [0.25, 0.3) is 0 Å². The van der Waals surface area contributed by atoms with Crippen LogP contribution in [0.15, 0.2) is 24.3 Å². The topological polar surface area (TPSA) is 32.3 Å². The van der Waals surface area contributed by atoms with Gasteiger partial charge in [0.15, 0.2) is 0 Å². The van der Waals surface area contributed by atoms with Crippen LogP contribution in [0.25, 0.3) is 0 Å². The lowest BCUT2D eigenvalue weighted by Crippen LogP contribution is -2.33. The molecule has 4 heteroatoms. The number of carbonyl (C=O) groups excluding carboxylic acids is 1. The van der Waals surface area contributed by atoms with Crippen molar-refractivity contribution < 1.29 is 9.18 Å². The van der Waals surface area contributed by atoms with Crippen LogP contribution in [0.2, 0.25) is 0 Å². The third kappa shape index (κ3) is 3.32. The first-order chi connectivity index (χ1) is 7.15. The van der Waals surface area contributed by atoms with Gasteiger partial charge in [-0.3, -0.25) is 4.79 Å². The quantitative estimate of drug-likeness (QED) is 0.804. The van der Waals surface area contributed by atoms with Crippen molar-refractivity contribution in [2.45, 2.75) is 6.54 Å². The summed E-state index contributed by atoms with van der Waals surface area (Å²) in [6.45, 7) is 0.568. The van der Waals surface area contributed by atoms with Crippen molar-refractivity contribution in [1.82, 2.24) is 10.2 Å². The molecule has 1 amide bonds. The van der Waals surface area contributed by atoms with Crippen LogP contribution in [0.4, 0.5) is 4.39 Å². The summed E-state index contributed by atoms with van der Waals surface area (Å²) in [7, 11) is 3.36. The SMILES string of the molecule is CNCC(=O)N(C)Cc1ccccc1F. The van der Waals surface area contributed by atoms with Crippen molar-refractivity contribution in [3.05, 3.63) is 35.6 Å². The number of hydrogen-bond acceptors (Lipinski definition) is 2. The lowest BCUT2D eigenvalue weighted by atomic mass is 10.2. The highest BCUT2D eigenvalue weighted by atomic mass is 19.1. The van der Waals surface area contributed by atoms with Crippen LogP contribution in [0, 0.1) is 5.82 Å². The van der Waals surface area contributed by atoms with E-state index in [1.165, 1.54) is 11.0 Å². The molecule has 0 spiro atoms. The molecule has 0 aliphatic rings. The third-order valence-corrected chi connectivity index (χ3v) is 2.12. The Bertz CT molecular complexity index is 341. The van der Waals surface area contributed by atoms with Gasteiger partial charge in [0.1, 0.15) is 5.82 Å². The molecule has 0 aromatic heterocycles. The van der Waals surface area contributed by atoms with Gasteiger partial charge < -0.3 is 10.2 Å². The van der Waals surface area contributed by atoms with E-state index in [0.717, 1.165) is 0 Å². The van der Waals surface area contributed by atoms with E-state index in [1.54, 1.807) is 32.3 Å². The highest BCUT2D eigenvalue weighted by molar-refractivity contribution is 5.77. The number of halogens is 1. The number of carbonyl (C=O) groups is 1. The third-order valence-electron chi connectivity index (χ3n) is 2.12. The maximum atomic E-state index is 13.2. The Morgan fingerprint density at radius 2 is 2.13 bits per heavy atom. The molecule has 0 unspecified atom stereocenters. The molecule has 0 fully saturated rings. The largest absolute Gasteiger partial charge is 0.340 e. The molecule has 15 heavy (non-hydrogen) atoms. The maximum absolute atomic E-state index is 13.2. The van der Waals surface area contributed by atoms with Crippen molar-refractivity contribution in [2.24, 2.45) is 0 Å². The van der Waals surface area contributed by atoms with Crippen molar-refractivity contribution >= 4 is 5.91 Å². The summed E-state index contributed by atoms with van der Waals surface area (Å²) >= 11 is 0. The van der Waals surface area contributed by atoms with Gasteiger partial charge in [0.05, 0.1) is 6.54 Å². The van der Waals surface area contributed by atoms with Crippen LogP contribution in [0.1, 0.15) is 5.56 Å². The molecule has 1 aromatic carbocycles. The second-order valence-electron chi connectivity index (χ2n) is 3.37. The predicted octanol–water partition coefficient (Wildman–Crippen LogP) is 1.00. The Kier molecular flexibility index (Phi) is 4.24. The first-order valence-electron chi connectivity index (χ1n) is 4.77. The monoisotopic (exact) mass is 210 g/mol. The van der Waals surface area contributed by atoms with Gasteiger partial charge in [0.2, 0.25) is 5.91 Å². The zero-order valence-electron chi connectivity index (χ0n) is 8.96. The standard InChI is InChI=1S/C11H15FN2O/c1-13-7-11(15)14(2)8-9-5-3-4-6-10(9)12/h3-6,13H,7-8H2,1-2H3. The van der Waals surface area contributed by atoms with E-state index in [9.17, 15) is 9.18 Å². The minimum atomic E-state index is -0.276. The van der Waals surface area contributed by atoms with Crippen LogP contribution < -0.4 is 5.32 Å². The number of likely N-dealkylation sites (N-methyl/N-ethyl adjacent to an activating group) is 2. The zero-order valence-corrected chi connectivity index (χ0v) is 8.96. The van der Waals surface area contributed by atoms with Crippen LogP contribution in [-0.2, 0) is 11.3 Å². The van der Waals surface area contributed by atoms with Gasteiger partial charge >= 0.3 is 0 Å². The van der Waals surface area contributed by atoms with Crippen LogP contribution in [0.5, 0.6) is 0 Å². The number of amides is 1. The highest BCUT2D eigenvalue weighted by Gasteiger charge is 2.09. The summed E-state index contributed by atoms with van der Waals surface area (Å²) < 4.78 is 13.2. The van der Waals surface area contributed by atoms with E-state index in [4.69, 9.17) is 0 Å². The van der Waals surface area contributed by atoms with Gasteiger partial charge in [-0.25, -0.2) is 4.39 Å². The van der Waals surface area contributed by atoms with Gasteiger partial charge in [0, 0.05) is 19.2 Å². The summed E-state index contributed by atoms with van der Waals surface area (Å²) in [6.07, 6.45) is 0. The molecule has 3 nitrogen and oxygen atoms in total. The van der Waals surface area contributed by atoms with Crippen molar-refractivity contribution in [3.8, 4) is 0 Å². The average Bonchev–Trinajstić information content (AvgIpc) is 2.21. The summed E-state index contributed by atoms with van der Waals surface area (Å²) in [6, 6.07) is 6.47. The molecule has 0 aliphatic heterocycles. The average molecular weight is 210 g/mol. The molecule has 1 aromatic rings. The van der Waals surface area contributed by atoms with E-state index in [0.29, 0.717) is 12.1 Å². The molecule has 0 bridgehead atoms. The number of rotatable bonds is 4. The van der Waals surface area contributed by atoms with Gasteiger partial charge in [-0.15, -0.1) is 0 Å². The Hall–Kier alpha value is -1.42. The Morgan fingerprint density at radius 3 is 2.73 bits per heavy atom. The molecule has 1 rings (SSSR count). The van der Waals surface area contributed by atoms with E-state index in [-0.39, 0.29) is 18.3 Å². The normalized spacial score (nSPS) is 10.1. The second-order valence-corrected chi connectivity index (χ2v) is 3.37. The van der Waals surface area contributed by atoms with Gasteiger partial charge in [-0.05, 0) is 13.1 Å². The van der Waals surface area contributed by atoms with Crippen molar-refractivity contribution in [3.63, 3.8) is 0 Å². The molecule has 82 valence electrons. The second kappa shape index (κ2) is 5.46. The fraction of sp³-hybridized carbons (Fsp3) is 0.364. The summed E-state index contributed by atoms with van der Waals surface area (Å²) in [5, 5.41) is 2.76. The smallest absolute Gasteiger partial charge is 0.236 e. The molecule has 0 radical (unpaired) electrons. The number of nitrogens with one attached hydrogen (secondary N) is 1. The number of hydrogen-bond donors (Lipinski definition) is 1. The summed E-state index contributed by atoms with van der Waals surface area (Å²) in [4.78, 5) is 12.9. The molecule has 0 aliphatic carbocycles. The fourth-order valence-corrected chi connectivity index (χ4v) is 1.26. The molecule has 0 atom stereocenters. The lowest BCUT2D eigenvalue weighted by molar-refractivity contribution is -0.129. The van der Waals surface area contributed by atoms with Gasteiger partial charge in [-0.2, -0.15) is 0 Å². The van der Waals surface area contributed by atoms with E-state index < -0.39 is 0 Å². The molecule has 0 saturated heterocycles. The molecule has 0 saturated carbocycles. The molecular weight excluding hydrogens is 195 g/mol. The van der Waals surface area contributed by atoms with E-state index in [1.807, 2.05) is 0 Å². The first-order valence-corrected chi connectivity index (χ1v) is 4.77. The summed E-state index contributed by atoms with van der Waals surface area (Å²) in [5.74, 6) is -0.331. The molecular formula is C11H15FN2O. The Balaban J connectivity index is 2.62. The maximum Gasteiger partial charge on any atom is 0.236 e. The predicted molar refractivity (Wildman–Crippen MR) is 56.8 cm³/mol. The summed E-state index contributed by atoms with van der Waals surface area (Å²) in [5.41, 5.74) is 0.532. The van der Waals surface area contributed by atoms with Crippen LogP contribution in [-0.4, -0.2) is 31.4 Å². The molecule has 0 heterocycles. The zero-order chi connectivity index (χ0) is 11.3.